The van der Waals surface area contributed by atoms with E-state index >= 15 is 0 Å². The summed E-state index contributed by atoms with van der Waals surface area (Å²) in [5.74, 6) is 0.719. The van der Waals surface area contributed by atoms with Crippen molar-refractivity contribution >= 4 is 33.3 Å². The SMILES string of the molecule is Cc1nc(N[C@@H](CC(C)C)C(=O)O)c2c(C)csc2n1. The van der Waals surface area contributed by atoms with Crippen LogP contribution in [0.1, 0.15) is 31.7 Å². The van der Waals surface area contributed by atoms with Crippen LogP contribution in [0.15, 0.2) is 5.38 Å². The second-order valence-corrected chi connectivity index (χ2v) is 6.24. The van der Waals surface area contributed by atoms with Crippen LogP contribution in [0, 0.1) is 19.8 Å². The Morgan fingerprint density at radius 1 is 1.40 bits per heavy atom. The van der Waals surface area contributed by atoms with E-state index in [4.69, 9.17) is 0 Å². The van der Waals surface area contributed by atoms with Gasteiger partial charge in [0.2, 0.25) is 0 Å². The highest BCUT2D eigenvalue weighted by Crippen LogP contribution is 2.30. The zero-order valence-corrected chi connectivity index (χ0v) is 12.9. The number of carbonyl (C=O) groups is 1. The second-order valence-electron chi connectivity index (χ2n) is 5.38. The van der Waals surface area contributed by atoms with Gasteiger partial charge in [-0.2, -0.15) is 0 Å². The Morgan fingerprint density at radius 2 is 2.10 bits per heavy atom. The fourth-order valence-electron chi connectivity index (χ4n) is 2.15. The molecule has 0 saturated heterocycles. The monoisotopic (exact) mass is 293 g/mol. The van der Waals surface area contributed by atoms with Crippen molar-refractivity contribution in [2.24, 2.45) is 5.92 Å². The summed E-state index contributed by atoms with van der Waals surface area (Å²) < 4.78 is 0. The number of aryl methyl sites for hydroxylation is 2. The molecule has 2 heterocycles. The quantitative estimate of drug-likeness (QED) is 0.885. The molecule has 2 aromatic rings. The van der Waals surface area contributed by atoms with E-state index in [1.165, 1.54) is 0 Å². The maximum atomic E-state index is 11.4. The van der Waals surface area contributed by atoms with Crippen LogP contribution in [-0.4, -0.2) is 27.1 Å². The molecule has 20 heavy (non-hydrogen) atoms. The van der Waals surface area contributed by atoms with E-state index in [1.807, 2.05) is 33.1 Å². The van der Waals surface area contributed by atoms with Crippen molar-refractivity contribution in [3.8, 4) is 0 Å². The summed E-state index contributed by atoms with van der Waals surface area (Å²) in [4.78, 5) is 21.1. The topological polar surface area (TPSA) is 75.1 Å². The van der Waals surface area contributed by atoms with Crippen LogP contribution in [0.3, 0.4) is 0 Å². The lowest BCUT2D eigenvalue weighted by atomic mass is 10.0. The van der Waals surface area contributed by atoms with Gasteiger partial charge in [0.05, 0.1) is 5.39 Å². The van der Waals surface area contributed by atoms with Gasteiger partial charge < -0.3 is 10.4 Å². The van der Waals surface area contributed by atoms with Gasteiger partial charge in [0, 0.05) is 0 Å². The normalized spacial score (nSPS) is 12.8. The second kappa shape index (κ2) is 5.75. The molecule has 2 N–H and O–H groups in total. The summed E-state index contributed by atoms with van der Waals surface area (Å²) in [6.07, 6.45) is 0.559. The molecule has 0 amide bonds. The van der Waals surface area contributed by atoms with Gasteiger partial charge in [-0.25, -0.2) is 14.8 Å². The zero-order valence-electron chi connectivity index (χ0n) is 12.1. The maximum absolute atomic E-state index is 11.4. The fraction of sp³-hybridized carbons (Fsp3) is 0.500. The first kappa shape index (κ1) is 14.7. The molecule has 0 fully saturated rings. The van der Waals surface area contributed by atoms with Gasteiger partial charge in [-0.05, 0) is 37.1 Å². The van der Waals surface area contributed by atoms with Crippen LogP contribution in [0.25, 0.3) is 10.2 Å². The van der Waals surface area contributed by atoms with E-state index in [9.17, 15) is 9.90 Å². The molecular weight excluding hydrogens is 274 g/mol. The summed E-state index contributed by atoms with van der Waals surface area (Å²) in [5.41, 5.74) is 1.07. The maximum Gasteiger partial charge on any atom is 0.326 e. The third-order valence-electron chi connectivity index (χ3n) is 3.05. The van der Waals surface area contributed by atoms with Gasteiger partial charge in [-0.1, -0.05) is 13.8 Å². The van der Waals surface area contributed by atoms with E-state index < -0.39 is 12.0 Å². The molecule has 0 spiro atoms. The summed E-state index contributed by atoms with van der Waals surface area (Å²) in [5, 5.41) is 15.4. The smallest absolute Gasteiger partial charge is 0.326 e. The van der Waals surface area contributed by atoms with Gasteiger partial charge in [-0.15, -0.1) is 11.3 Å². The molecule has 2 aromatic heterocycles. The van der Waals surface area contributed by atoms with E-state index in [0.29, 0.717) is 24.0 Å². The number of anilines is 1. The minimum absolute atomic E-state index is 0.297. The first-order chi connectivity index (χ1) is 9.38. The van der Waals surface area contributed by atoms with Crippen molar-refractivity contribution in [1.29, 1.82) is 0 Å². The summed E-state index contributed by atoms with van der Waals surface area (Å²) in [6, 6.07) is -0.633. The molecule has 0 unspecified atom stereocenters. The zero-order chi connectivity index (χ0) is 14.9. The van der Waals surface area contributed by atoms with Crippen LogP contribution in [-0.2, 0) is 4.79 Å². The highest BCUT2D eigenvalue weighted by molar-refractivity contribution is 7.17. The number of thiophene rings is 1. The van der Waals surface area contributed by atoms with Crippen LogP contribution in [0.5, 0.6) is 0 Å². The lowest BCUT2D eigenvalue weighted by Crippen LogP contribution is -2.31. The number of hydrogen-bond donors (Lipinski definition) is 2. The molecule has 0 bridgehead atoms. The number of nitrogens with zero attached hydrogens (tertiary/aromatic N) is 2. The van der Waals surface area contributed by atoms with Crippen LogP contribution >= 0.6 is 11.3 Å². The van der Waals surface area contributed by atoms with Crippen molar-refractivity contribution in [3.63, 3.8) is 0 Å². The molecule has 0 saturated carbocycles. The summed E-state index contributed by atoms with van der Waals surface area (Å²) >= 11 is 1.55. The number of aromatic nitrogens is 2. The van der Waals surface area contributed by atoms with Crippen LogP contribution in [0.4, 0.5) is 5.82 Å². The van der Waals surface area contributed by atoms with Gasteiger partial charge in [0.1, 0.15) is 22.5 Å². The minimum atomic E-state index is -0.851. The number of carboxylic acids is 1. The number of fused-ring (bicyclic) bond motifs is 1. The van der Waals surface area contributed by atoms with Crippen molar-refractivity contribution in [3.05, 3.63) is 16.8 Å². The van der Waals surface area contributed by atoms with Gasteiger partial charge in [-0.3, -0.25) is 0 Å². The largest absolute Gasteiger partial charge is 0.480 e. The predicted molar refractivity (Wildman–Crippen MR) is 81.4 cm³/mol. The number of hydrogen-bond acceptors (Lipinski definition) is 5. The number of carboxylic acid groups (broad SMARTS) is 1. The molecule has 5 nitrogen and oxygen atoms in total. The predicted octanol–water partition coefficient (Wildman–Crippen LogP) is 3.22. The summed E-state index contributed by atoms with van der Waals surface area (Å²) in [7, 11) is 0. The minimum Gasteiger partial charge on any atom is -0.480 e. The van der Waals surface area contributed by atoms with E-state index in [0.717, 1.165) is 15.8 Å². The molecule has 0 aliphatic rings. The lowest BCUT2D eigenvalue weighted by Gasteiger charge is -2.18. The first-order valence-corrected chi connectivity index (χ1v) is 7.48. The Morgan fingerprint density at radius 3 is 2.70 bits per heavy atom. The number of nitrogens with one attached hydrogen (secondary N) is 1. The number of rotatable bonds is 5. The molecule has 2 rings (SSSR count). The highest BCUT2D eigenvalue weighted by Gasteiger charge is 2.21. The molecular formula is C14H19N3O2S. The van der Waals surface area contributed by atoms with E-state index in [2.05, 4.69) is 15.3 Å². The Bertz CT molecular complexity index is 637. The van der Waals surface area contributed by atoms with E-state index in [1.54, 1.807) is 11.3 Å². The molecule has 0 aromatic carbocycles. The first-order valence-electron chi connectivity index (χ1n) is 6.60. The Balaban J connectivity index is 2.41. The third-order valence-corrected chi connectivity index (χ3v) is 4.04. The Hall–Kier alpha value is -1.69. The summed E-state index contributed by atoms with van der Waals surface area (Å²) in [6.45, 7) is 7.82. The average Bonchev–Trinajstić information content (AvgIpc) is 2.69. The highest BCUT2D eigenvalue weighted by atomic mass is 32.1. The Kier molecular flexibility index (Phi) is 4.23. The Labute approximate surface area is 122 Å². The molecule has 6 heteroatoms. The number of aliphatic carboxylic acids is 1. The molecule has 0 aliphatic heterocycles. The third kappa shape index (κ3) is 3.07. The van der Waals surface area contributed by atoms with Gasteiger partial charge in [0.25, 0.3) is 0 Å². The van der Waals surface area contributed by atoms with E-state index in [-0.39, 0.29) is 0 Å². The van der Waals surface area contributed by atoms with Crippen molar-refractivity contribution < 1.29 is 9.90 Å². The van der Waals surface area contributed by atoms with Crippen LogP contribution in [0.2, 0.25) is 0 Å². The fourth-order valence-corrected chi connectivity index (χ4v) is 3.12. The standard InChI is InChI=1S/C14H19N3O2S/c1-7(2)5-10(14(18)19)17-12-11-8(3)6-20-13(11)16-9(4)15-12/h6-7,10H,5H2,1-4H3,(H,18,19)(H,15,16,17)/t10-/m0/s1. The van der Waals surface area contributed by atoms with Crippen molar-refractivity contribution in [1.82, 2.24) is 9.97 Å². The molecule has 0 aliphatic carbocycles. The van der Waals surface area contributed by atoms with Gasteiger partial charge in [0.15, 0.2) is 0 Å². The van der Waals surface area contributed by atoms with Crippen molar-refractivity contribution in [2.45, 2.75) is 40.2 Å². The molecule has 0 radical (unpaired) electrons. The molecule has 1 atom stereocenters. The molecule has 108 valence electrons. The average molecular weight is 293 g/mol. The van der Waals surface area contributed by atoms with Crippen molar-refractivity contribution in [2.75, 3.05) is 5.32 Å². The van der Waals surface area contributed by atoms with Gasteiger partial charge >= 0.3 is 5.97 Å². The van der Waals surface area contributed by atoms with Crippen LogP contribution < -0.4 is 5.32 Å². The lowest BCUT2D eigenvalue weighted by molar-refractivity contribution is -0.138.